The smallest absolute Gasteiger partial charge is 0.259 e. The Labute approximate surface area is 188 Å². The van der Waals surface area contributed by atoms with Gasteiger partial charge in [0.05, 0.1) is 26.3 Å². The molecule has 1 aromatic carbocycles. The molecular weight excluding hydrogens is 410 g/mol. The fourth-order valence-corrected chi connectivity index (χ4v) is 3.75. The van der Waals surface area contributed by atoms with Crippen molar-refractivity contribution in [3.05, 3.63) is 42.1 Å². The van der Waals surface area contributed by atoms with Crippen molar-refractivity contribution in [3.8, 4) is 22.8 Å². The summed E-state index contributed by atoms with van der Waals surface area (Å²) in [6.45, 7) is 5.87. The molecule has 0 saturated carbocycles. The first kappa shape index (κ1) is 23.5. The molecule has 8 nitrogen and oxygen atoms in total. The van der Waals surface area contributed by atoms with E-state index in [-0.39, 0.29) is 42.4 Å². The van der Waals surface area contributed by atoms with E-state index >= 15 is 0 Å². The van der Waals surface area contributed by atoms with Crippen LogP contribution in [0.5, 0.6) is 11.6 Å². The Morgan fingerprint density at radius 1 is 1.38 bits per heavy atom. The van der Waals surface area contributed by atoms with Gasteiger partial charge in [0.25, 0.3) is 5.91 Å². The first-order valence-electron chi connectivity index (χ1n) is 10.7. The number of para-hydroxylation sites is 1. The lowest BCUT2D eigenvalue weighted by molar-refractivity contribution is -0.129. The number of aromatic nitrogens is 1. The highest BCUT2D eigenvalue weighted by molar-refractivity contribution is 5.98. The third kappa shape index (κ3) is 4.85. The minimum atomic E-state index is -0.378. The molecule has 3 rings (SSSR count). The van der Waals surface area contributed by atoms with Crippen molar-refractivity contribution in [3.63, 3.8) is 0 Å². The predicted octanol–water partition coefficient (Wildman–Crippen LogP) is 2.46. The van der Waals surface area contributed by atoms with Crippen molar-refractivity contribution in [1.29, 1.82) is 0 Å². The van der Waals surface area contributed by atoms with Crippen molar-refractivity contribution in [2.24, 2.45) is 5.92 Å². The van der Waals surface area contributed by atoms with Crippen LogP contribution in [-0.2, 0) is 4.79 Å². The summed E-state index contributed by atoms with van der Waals surface area (Å²) in [6.07, 6.45) is 1.29. The van der Waals surface area contributed by atoms with Gasteiger partial charge in [0, 0.05) is 43.8 Å². The number of methoxy groups -OCH3 is 1. The lowest BCUT2D eigenvalue weighted by Crippen LogP contribution is -2.50. The van der Waals surface area contributed by atoms with Gasteiger partial charge in [-0.3, -0.25) is 9.59 Å². The number of likely N-dealkylation sites (N-methyl/N-ethyl adjacent to an activating group) is 1. The Kier molecular flexibility index (Phi) is 7.35. The topological polar surface area (TPSA) is 92.2 Å². The Bertz CT molecular complexity index is 980. The molecule has 0 bridgehead atoms. The Morgan fingerprint density at radius 3 is 2.75 bits per heavy atom. The van der Waals surface area contributed by atoms with Crippen molar-refractivity contribution in [2.75, 3.05) is 33.9 Å². The lowest BCUT2D eigenvalue weighted by atomic mass is 9.99. The number of pyridine rings is 1. The molecule has 0 spiro atoms. The molecule has 2 heterocycles. The van der Waals surface area contributed by atoms with E-state index < -0.39 is 0 Å². The highest BCUT2D eigenvalue weighted by atomic mass is 16.5. The van der Waals surface area contributed by atoms with E-state index in [1.54, 1.807) is 43.1 Å². The average molecular weight is 442 g/mol. The van der Waals surface area contributed by atoms with E-state index in [4.69, 9.17) is 9.47 Å². The van der Waals surface area contributed by atoms with Crippen molar-refractivity contribution in [2.45, 2.75) is 32.9 Å². The molecule has 0 aliphatic carbocycles. The van der Waals surface area contributed by atoms with Gasteiger partial charge < -0.3 is 24.4 Å². The second kappa shape index (κ2) is 9.99. The second-order valence-electron chi connectivity index (χ2n) is 8.30. The average Bonchev–Trinajstić information content (AvgIpc) is 2.80. The monoisotopic (exact) mass is 441 g/mol. The number of rotatable bonds is 6. The number of hydrogen-bond donors (Lipinski definition) is 1. The quantitative estimate of drug-likeness (QED) is 0.740. The van der Waals surface area contributed by atoms with Crippen LogP contribution in [0.4, 0.5) is 0 Å². The van der Waals surface area contributed by atoms with Crippen LogP contribution < -0.4 is 9.47 Å². The number of hydrogen-bond acceptors (Lipinski definition) is 6. The van der Waals surface area contributed by atoms with Gasteiger partial charge in [0.15, 0.2) is 0 Å². The van der Waals surface area contributed by atoms with Crippen LogP contribution in [0.25, 0.3) is 11.1 Å². The van der Waals surface area contributed by atoms with E-state index in [9.17, 15) is 14.7 Å². The molecule has 32 heavy (non-hydrogen) atoms. The maximum Gasteiger partial charge on any atom is 0.259 e. The second-order valence-corrected chi connectivity index (χ2v) is 8.30. The summed E-state index contributed by atoms with van der Waals surface area (Å²) in [5.41, 5.74) is 1.85. The first-order valence-corrected chi connectivity index (χ1v) is 10.7. The van der Waals surface area contributed by atoms with Gasteiger partial charge in [-0.15, -0.1) is 0 Å². The minimum Gasteiger partial charge on any atom is -0.496 e. The summed E-state index contributed by atoms with van der Waals surface area (Å²) >= 11 is 0. The molecular formula is C24H31N3O5. The van der Waals surface area contributed by atoms with Crippen LogP contribution in [0.1, 0.15) is 31.1 Å². The summed E-state index contributed by atoms with van der Waals surface area (Å²) in [4.78, 5) is 33.0. The van der Waals surface area contributed by atoms with E-state index in [1.165, 1.54) is 6.92 Å². The largest absolute Gasteiger partial charge is 0.496 e. The first-order chi connectivity index (χ1) is 15.3. The molecule has 1 N–H and O–H groups in total. The Hall–Kier alpha value is -3.13. The van der Waals surface area contributed by atoms with Gasteiger partial charge in [-0.25, -0.2) is 4.98 Å². The van der Waals surface area contributed by atoms with Crippen LogP contribution in [0.3, 0.4) is 0 Å². The lowest BCUT2D eigenvalue weighted by Gasteiger charge is -2.37. The molecule has 0 saturated heterocycles. The molecule has 0 unspecified atom stereocenters. The standard InChI is InChI=1S/C24H31N3O5/c1-15-12-27(16(2)14-28)24(30)20-10-18(19-8-6-7-9-21(19)31-5)11-25-23(20)32-22(15)13-26(4)17(3)29/h6-11,15-16,22,28H,12-14H2,1-5H3/t15-,16+,22-/m1/s1. The summed E-state index contributed by atoms with van der Waals surface area (Å²) in [6, 6.07) is 8.89. The molecule has 0 radical (unpaired) electrons. The highest BCUT2D eigenvalue weighted by Gasteiger charge is 2.34. The third-order valence-corrected chi connectivity index (χ3v) is 5.93. The number of benzene rings is 1. The van der Waals surface area contributed by atoms with Gasteiger partial charge in [0.1, 0.15) is 17.4 Å². The zero-order valence-corrected chi connectivity index (χ0v) is 19.2. The molecule has 1 aromatic heterocycles. The molecule has 0 fully saturated rings. The van der Waals surface area contributed by atoms with Crippen molar-refractivity contribution in [1.82, 2.24) is 14.8 Å². The number of aliphatic hydroxyl groups is 1. The molecule has 1 aliphatic heterocycles. The molecule has 2 amide bonds. The summed E-state index contributed by atoms with van der Waals surface area (Å²) < 4.78 is 11.7. The zero-order valence-electron chi connectivity index (χ0n) is 19.2. The molecule has 2 aromatic rings. The van der Waals surface area contributed by atoms with E-state index in [2.05, 4.69) is 4.98 Å². The SMILES string of the molecule is COc1ccccc1-c1cnc2c(c1)C(=O)N([C@@H](C)CO)C[C@@H](C)[C@@H](CN(C)C(C)=O)O2. The van der Waals surface area contributed by atoms with Gasteiger partial charge in [-0.2, -0.15) is 0 Å². The molecule has 8 heteroatoms. The minimum absolute atomic E-state index is 0.0702. The third-order valence-electron chi connectivity index (χ3n) is 5.93. The van der Waals surface area contributed by atoms with Crippen LogP contribution >= 0.6 is 0 Å². The van der Waals surface area contributed by atoms with Gasteiger partial charge >= 0.3 is 0 Å². The van der Waals surface area contributed by atoms with Crippen LogP contribution in [0, 0.1) is 5.92 Å². The summed E-state index contributed by atoms with van der Waals surface area (Å²) in [5.74, 6) is 0.481. The summed E-state index contributed by atoms with van der Waals surface area (Å²) in [5, 5.41) is 9.78. The molecule has 1 aliphatic rings. The maximum absolute atomic E-state index is 13.5. The molecule has 172 valence electrons. The van der Waals surface area contributed by atoms with Gasteiger partial charge in [0.2, 0.25) is 11.8 Å². The van der Waals surface area contributed by atoms with Crippen LogP contribution in [-0.4, -0.2) is 77.7 Å². The fourth-order valence-electron chi connectivity index (χ4n) is 3.75. The number of fused-ring (bicyclic) bond motifs is 1. The maximum atomic E-state index is 13.5. The normalized spacial score (nSPS) is 19.3. The van der Waals surface area contributed by atoms with Crippen LogP contribution in [0.15, 0.2) is 36.5 Å². The summed E-state index contributed by atoms with van der Waals surface area (Å²) in [7, 11) is 3.31. The van der Waals surface area contributed by atoms with Gasteiger partial charge in [-0.1, -0.05) is 25.1 Å². The predicted molar refractivity (Wildman–Crippen MR) is 121 cm³/mol. The van der Waals surface area contributed by atoms with Crippen molar-refractivity contribution < 1.29 is 24.2 Å². The Balaban J connectivity index is 2.09. The number of carbonyl (C=O) groups excluding carboxylic acids is 2. The van der Waals surface area contributed by atoms with E-state index in [0.717, 1.165) is 11.1 Å². The van der Waals surface area contributed by atoms with Crippen LogP contribution in [0.2, 0.25) is 0 Å². The number of ether oxygens (including phenoxy) is 2. The van der Waals surface area contributed by atoms with E-state index in [1.807, 2.05) is 31.2 Å². The Morgan fingerprint density at radius 2 is 2.09 bits per heavy atom. The molecule has 3 atom stereocenters. The number of amides is 2. The number of carbonyl (C=O) groups is 2. The number of aliphatic hydroxyl groups excluding tert-OH is 1. The zero-order chi connectivity index (χ0) is 23.4. The number of nitrogens with zero attached hydrogens (tertiary/aromatic N) is 3. The fraction of sp³-hybridized carbons (Fsp3) is 0.458. The highest BCUT2D eigenvalue weighted by Crippen LogP contribution is 2.34. The van der Waals surface area contributed by atoms with Gasteiger partial charge in [-0.05, 0) is 19.1 Å². The van der Waals surface area contributed by atoms with E-state index in [0.29, 0.717) is 24.4 Å². The van der Waals surface area contributed by atoms with Crippen molar-refractivity contribution >= 4 is 11.8 Å².